The Morgan fingerprint density at radius 3 is 2.94 bits per heavy atom. The minimum absolute atomic E-state index is 0.289. The Morgan fingerprint density at radius 2 is 2.31 bits per heavy atom. The Hall–Kier alpha value is -1.62. The molecule has 1 unspecified atom stereocenters. The minimum atomic E-state index is 0.289. The Labute approximate surface area is 93.9 Å². The first-order valence-electron chi connectivity index (χ1n) is 5.57. The van der Waals surface area contributed by atoms with Gasteiger partial charge < -0.3 is 9.88 Å². The molecule has 0 bridgehead atoms. The maximum Gasteiger partial charge on any atom is 0.0953 e. The van der Waals surface area contributed by atoms with Gasteiger partial charge in [-0.25, -0.2) is 4.98 Å². The SMILES string of the molecule is CC(c1cn[nH]c1)n1cncc1C1CNC1. The summed E-state index contributed by atoms with van der Waals surface area (Å²) in [5.41, 5.74) is 2.50. The van der Waals surface area contributed by atoms with Crippen LogP contribution in [0.15, 0.2) is 24.9 Å². The lowest BCUT2D eigenvalue weighted by molar-refractivity contribution is 0.418. The van der Waals surface area contributed by atoms with E-state index in [1.807, 2.05) is 24.9 Å². The average molecular weight is 217 g/mol. The van der Waals surface area contributed by atoms with E-state index in [2.05, 4.69) is 32.0 Å². The number of imidazole rings is 1. The fraction of sp³-hybridized carbons (Fsp3) is 0.455. The zero-order valence-electron chi connectivity index (χ0n) is 9.22. The van der Waals surface area contributed by atoms with Crippen LogP contribution in [0, 0.1) is 0 Å². The van der Waals surface area contributed by atoms with Gasteiger partial charge in [0.25, 0.3) is 0 Å². The molecule has 2 aromatic rings. The van der Waals surface area contributed by atoms with Crippen LogP contribution in [-0.4, -0.2) is 32.8 Å². The Balaban J connectivity index is 1.91. The number of hydrogen-bond acceptors (Lipinski definition) is 3. The van der Waals surface area contributed by atoms with Crippen molar-refractivity contribution in [2.24, 2.45) is 0 Å². The quantitative estimate of drug-likeness (QED) is 0.803. The molecule has 84 valence electrons. The highest BCUT2D eigenvalue weighted by Crippen LogP contribution is 2.25. The van der Waals surface area contributed by atoms with Crippen LogP contribution in [0.5, 0.6) is 0 Å². The Morgan fingerprint density at radius 1 is 1.44 bits per heavy atom. The summed E-state index contributed by atoms with van der Waals surface area (Å²) < 4.78 is 2.23. The molecule has 3 rings (SSSR count). The lowest BCUT2D eigenvalue weighted by Crippen LogP contribution is -2.41. The van der Waals surface area contributed by atoms with Gasteiger partial charge in [-0.3, -0.25) is 5.10 Å². The van der Waals surface area contributed by atoms with Crippen molar-refractivity contribution in [3.63, 3.8) is 0 Å². The molecule has 1 atom stereocenters. The van der Waals surface area contributed by atoms with Gasteiger partial charge in [0, 0.05) is 42.7 Å². The molecule has 0 amide bonds. The molecule has 1 fully saturated rings. The van der Waals surface area contributed by atoms with Gasteiger partial charge in [-0.15, -0.1) is 0 Å². The van der Waals surface area contributed by atoms with Gasteiger partial charge >= 0.3 is 0 Å². The highest BCUT2D eigenvalue weighted by atomic mass is 15.1. The normalized spacial score (nSPS) is 18.3. The van der Waals surface area contributed by atoms with E-state index >= 15 is 0 Å². The van der Waals surface area contributed by atoms with Gasteiger partial charge in [-0.1, -0.05) is 0 Å². The number of aromatic nitrogens is 4. The van der Waals surface area contributed by atoms with Crippen molar-refractivity contribution in [3.05, 3.63) is 36.2 Å². The largest absolute Gasteiger partial charge is 0.327 e. The molecule has 0 saturated carbocycles. The molecular weight excluding hydrogens is 202 g/mol. The molecule has 0 aromatic carbocycles. The summed E-state index contributed by atoms with van der Waals surface area (Å²) in [5, 5.41) is 10.1. The minimum Gasteiger partial charge on any atom is -0.327 e. The van der Waals surface area contributed by atoms with E-state index < -0.39 is 0 Å². The second-order valence-electron chi connectivity index (χ2n) is 4.29. The second kappa shape index (κ2) is 3.75. The van der Waals surface area contributed by atoms with Crippen molar-refractivity contribution in [1.82, 2.24) is 25.1 Å². The van der Waals surface area contributed by atoms with Gasteiger partial charge in [0.05, 0.1) is 18.6 Å². The molecule has 16 heavy (non-hydrogen) atoms. The first-order valence-corrected chi connectivity index (χ1v) is 5.57. The molecule has 1 aliphatic heterocycles. The highest BCUT2D eigenvalue weighted by Gasteiger charge is 2.24. The molecule has 5 heteroatoms. The van der Waals surface area contributed by atoms with Crippen LogP contribution in [0.1, 0.15) is 30.1 Å². The van der Waals surface area contributed by atoms with Crippen LogP contribution in [0.3, 0.4) is 0 Å². The van der Waals surface area contributed by atoms with Crippen LogP contribution < -0.4 is 5.32 Å². The van der Waals surface area contributed by atoms with Gasteiger partial charge in [0.1, 0.15) is 0 Å². The molecule has 0 spiro atoms. The number of rotatable bonds is 3. The maximum absolute atomic E-state index is 4.26. The zero-order valence-corrected chi connectivity index (χ0v) is 9.22. The van der Waals surface area contributed by atoms with Crippen molar-refractivity contribution < 1.29 is 0 Å². The fourth-order valence-corrected chi connectivity index (χ4v) is 2.10. The van der Waals surface area contributed by atoms with Crippen LogP contribution in [0.25, 0.3) is 0 Å². The second-order valence-corrected chi connectivity index (χ2v) is 4.29. The summed E-state index contributed by atoms with van der Waals surface area (Å²) >= 11 is 0. The first kappa shape index (κ1) is 9.59. The van der Waals surface area contributed by atoms with Crippen LogP contribution in [0.2, 0.25) is 0 Å². The standard InChI is InChI=1S/C11H15N5/c1-8(9-4-14-15-5-9)16-7-13-6-11(16)10-2-12-3-10/h4-8,10,12H,2-3H2,1H3,(H,14,15). The summed E-state index contributed by atoms with van der Waals surface area (Å²) in [4.78, 5) is 4.26. The van der Waals surface area contributed by atoms with Gasteiger partial charge in [-0.05, 0) is 6.92 Å². The smallest absolute Gasteiger partial charge is 0.0953 e. The fourth-order valence-electron chi connectivity index (χ4n) is 2.10. The van der Waals surface area contributed by atoms with Crippen molar-refractivity contribution in [1.29, 1.82) is 0 Å². The van der Waals surface area contributed by atoms with E-state index in [4.69, 9.17) is 0 Å². The molecular formula is C11H15N5. The third-order valence-electron chi connectivity index (χ3n) is 3.31. The van der Waals surface area contributed by atoms with Crippen LogP contribution in [0.4, 0.5) is 0 Å². The summed E-state index contributed by atoms with van der Waals surface area (Å²) in [6.07, 6.45) is 7.69. The maximum atomic E-state index is 4.26. The number of aromatic amines is 1. The van der Waals surface area contributed by atoms with E-state index in [0.717, 1.165) is 13.1 Å². The van der Waals surface area contributed by atoms with Crippen molar-refractivity contribution in [2.75, 3.05) is 13.1 Å². The predicted octanol–water partition coefficient (Wildman–Crippen LogP) is 0.902. The molecule has 1 aliphatic rings. The topological polar surface area (TPSA) is 58.5 Å². The summed E-state index contributed by atoms with van der Waals surface area (Å²) in [7, 11) is 0. The Kier molecular flexibility index (Phi) is 2.25. The summed E-state index contributed by atoms with van der Waals surface area (Å²) in [6, 6.07) is 0.289. The molecule has 1 saturated heterocycles. The molecule has 5 nitrogen and oxygen atoms in total. The molecule has 0 radical (unpaired) electrons. The Bertz CT molecular complexity index is 454. The molecule has 2 N–H and O–H groups in total. The van der Waals surface area contributed by atoms with Crippen LogP contribution >= 0.6 is 0 Å². The van der Waals surface area contributed by atoms with E-state index in [-0.39, 0.29) is 6.04 Å². The monoisotopic (exact) mass is 217 g/mol. The molecule has 3 heterocycles. The van der Waals surface area contributed by atoms with Crippen LogP contribution in [-0.2, 0) is 0 Å². The van der Waals surface area contributed by atoms with E-state index in [1.165, 1.54) is 11.3 Å². The molecule has 2 aromatic heterocycles. The number of nitrogens with one attached hydrogen (secondary N) is 2. The van der Waals surface area contributed by atoms with Gasteiger partial charge in [0.2, 0.25) is 0 Å². The van der Waals surface area contributed by atoms with Crippen molar-refractivity contribution in [2.45, 2.75) is 18.9 Å². The third kappa shape index (κ3) is 1.44. The van der Waals surface area contributed by atoms with Crippen molar-refractivity contribution >= 4 is 0 Å². The van der Waals surface area contributed by atoms with Gasteiger partial charge in [0.15, 0.2) is 0 Å². The van der Waals surface area contributed by atoms with E-state index in [0.29, 0.717) is 5.92 Å². The summed E-state index contributed by atoms with van der Waals surface area (Å²) in [5.74, 6) is 0.608. The molecule has 0 aliphatic carbocycles. The average Bonchev–Trinajstić information content (AvgIpc) is 2.84. The number of nitrogens with zero attached hydrogens (tertiary/aromatic N) is 3. The van der Waals surface area contributed by atoms with Gasteiger partial charge in [-0.2, -0.15) is 5.10 Å². The highest BCUT2D eigenvalue weighted by molar-refractivity contribution is 5.18. The van der Waals surface area contributed by atoms with E-state index in [9.17, 15) is 0 Å². The van der Waals surface area contributed by atoms with E-state index in [1.54, 1.807) is 0 Å². The van der Waals surface area contributed by atoms with Crippen molar-refractivity contribution in [3.8, 4) is 0 Å². The zero-order chi connectivity index (χ0) is 11.0. The lowest BCUT2D eigenvalue weighted by atomic mass is 9.99. The predicted molar refractivity (Wildman–Crippen MR) is 60.2 cm³/mol. The lowest BCUT2D eigenvalue weighted by Gasteiger charge is -2.29. The third-order valence-corrected chi connectivity index (χ3v) is 3.31. The first-order chi connectivity index (χ1) is 7.86. The number of H-pyrrole nitrogens is 1. The number of hydrogen-bond donors (Lipinski definition) is 2. The summed E-state index contributed by atoms with van der Waals surface area (Å²) in [6.45, 7) is 4.29.